The molecule has 0 aliphatic heterocycles. The van der Waals surface area contributed by atoms with Crippen molar-refractivity contribution in [1.29, 1.82) is 5.26 Å². The molecule has 0 spiro atoms. The Labute approximate surface area is 109 Å². The van der Waals surface area contributed by atoms with Gasteiger partial charge in [0.05, 0.1) is 11.1 Å². The van der Waals surface area contributed by atoms with Crippen molar-refractivity contribution >= 4 is 11.9 Å². The first kappa shape index (κ1) is 15.0. The lowest BCUT2D eigenvalue weighted by atomic mass is 9.98. The molecule has 1 aromatic carbocycles. The van der Waals surface area contributed by atoms with E-state index < -0.39 is 23.4 Å². The third-order valence-corrected chi connectivity index (χ3v) is 2.48. The van der Waals surface area contributed by atoms with Crippen LogP contribution >= 0.6 is 0 Å². The van der Waals surface area contributed by atoms with E-state index in [-0.39, 0.29) is 11.1 Å². The van der Waals surface area contributed by atoms with Crippen LogP contribution in [0, 0.1) is 17.2 Å². The number of rotatable bonds is 3. The molecule has 1 rings (SSSR count). The van der Waals surface area contributed by atoms with Gasteiger partial charge in [0, 0.05) is 5.92 Å². The lowest BCUT2D eigenvalue weighted by Crippen LogP contribution is -2.10. The van der Waals surface area contributed by atoms with Gasteiger partial charge in [-0.3, -0.25) is 4.79 Å². The number of halogens is 3. The summed E-state index contributed by atoms with van der Waals surface area (Å²) in [6.07, 6.45) is -3.53. The van der Waals surface area contributed by atoms with Crippen molar-refractivity contribution in [3.8, 4) is 6.07 Å². The number of carbonyl (C=O) groups is 1. The third kappa shape index (κ3) is 3.68. The number of hydrogen-bond donors (Lipinski definition) is 0. The van der Waals surface area contributed by atoms with E-state index in [1.165, 1.54) is 18.2 Å². The van der Waals surface area contributed by atoms with Crippen molar-refractivity contribution in [2.45, 2.75) is 20.0 Å². The molecule has 100 valence electrons. The average Bonchev–Trinajstić information content (AvgIpc) is 2.34. The molecule has 5 heteroatoms. The zero-order chi connectivity index (χ0) is 14.6. The van der Waals surface area contributed by atoms with Crippen molar-refractivity contribution in [2.24, 2.45) is 5.92 Å². The molecule has 2 nitrogen and oxygen atoms in total. The number of Topliss-reactive ketones (excluding diaryl/α,β-unsaturated/α-hetero) is 1. The standard InChI is InChI=1S/C14H12F3NO/c1-9(2)13(19)11(8-18)7-10-5-3-4-6-12(10)14(15,16)17/h3-7,9H,1-2H3. The van der Waals surface area contributed by atoms with Gasteiger partial charge in [-0.05, 0) is 17.7 Å². The van der Waals surface area contributed by atoms with Gasteiger partial charge in [0.25, 0.3) is 0 Å². The van der Waals surface area contributed by atoms with Gasteiger partial charge in [-0.1, -0.05) is 32.0 Å². The quantitative estimate of drug-likeness (QED) is 0.616. The Bertz CT molecular complexity index is 551. The van der Waals surface area contributed by atoms with E-state index in [0.29, 0.717) is 0 Å². The zero-order valence-electron chi connectivity index (χ0n) is 10.5. The fraction of sp³-hybridized carbons (Fsp3) is 0.286. The Balaban J connectivity index is 3.32. The maximum atomic E-state index is 12.8. The molecule has 0 radical (unpaired) electrons. The summed E-state index contributed by atoms with van der Waals surface area (Å²) in [6, 6.07) is 6.49. The molecule has 0 N–H and O–H groups in total. The average molecular weight is 267 g/mol. The summed E-state index contributed by atoms with van der Waals surface area (Å²) >= 11 is 0. The van der Waals surface area contributed by atoms with E-state index in [4.69, 9.17) is 5.26 Å². The molecule has 1 aromatic rings. The topological polar surface area (TPSA) is 40.9 Å². The molecule has 0 saturated heterocycles. The number of hydrogen-bond acceptors (Lipinski definition) is 2. The maximum Gasteiger partial charge on any atom is 0.416 e. The molecule has 0 aromatic heterocycles. The van der Waals surface area contributed by atoms with Crippen molar-refractivity contribution in [3.63, 3.8) is 0 Å². The first-order valence-electron chi connectivity index (χ1n) is 5.59. The van der Waals surface area contributed by atoms with Crippen molar-refractivity contribution in [2.75, 3.05) is 0 Å². The van der Waals surface area contributed by atoms with E-state index in [0.717, 1.165) is 12.1 Å². The highest BCUT2D eigenvalue weighted by atomic mass is 19.4. The summed E-state index contributed by atoms with van der Waals surface area (Å²) in [4.78, 5) is 11.7. The molecule has 0 atom stereocenters. The molecule has 0 amide bonds. The van der Waals surface area contributed by atoms with Gasteiger partial charge in [-0.2, -0.15) is 18.4 Å². The van der Waals surface area contributed by atoms with Gasteiger partial charge in [-0.15, -0.1) is 0 Å². The summed E-state index contributed by atoms with van der Waals surface area (Å²) in [5, 5.41) is 8.88. The molecule has 0 saturated carbocycles. The monoisotopic (exact) mass is 267 g/mol. The van der Waals surface area contributed by atoms with Gasteiger partial charge in [0.1, 0.15) is 6.07 Å². The highest BCUT2D eigenvalue weighted by molar-refractivity contribution is 6.04. The van der Waals surface area contributed by atoms with Gasteiger partial charge in [0.15, 0.2) is 5.78 Å². The fourth-order valence-electron chi connectivity index (χ4n) is 1.51. The molecule has 0 heterocycles. The number of nitriles is 1. The Morgan fingerprint density at radius 1 is 1.32 bits per heavy atom. The van der Waals surface area contributed by atoms with Crippen LogP contribution in [0.5, 0.6) is 0 Å². The lowest BCUT2D eigenvalue weighted by molar-refractivity contribution is -0.137. The molecule has 0 bridgehead atoms. The van der Waals surface area contributed by atoms with Gasteiger partial charge in [-0.25, -0.2) is 0 Å². The smallest absolute Gasteiger partial charge is 0.293 e. The molecular weight excluding hydrogens is 255 g/mol. The number of allylic oxidation sites excluding steroid dienone is 1. The SMILES string of the molecule is CC(C)C(=O)C(C#N)=Cc1ccccc1C(F)(F)F. The van der Waals surface area contributed by atoms with Crippen LogP contribution in [0.4, 0.5) is 13.2 Å². The van der Waals surface area contributed by atoms with Crippen LogP contribution in [-0.2, 0) is 11.0 Å². The second-order valence-electron chi connectivity index (χ2n) is 4.27. The molecule has 0 aliphatic carbocycles. The van der Waals surface area contributed by atoms with Crippen LogP contribution in [0.3, 0.4) is 0 Å². The van der Waals surface area contributed by atoms with Crippen LogP contribution in [0.25, 0.3) is 6.08 Å². The van der Waals surface area contributed by atoms with Gasteiger partial charge >= 0.3 is 6.18 Å². The van der Waals surface area contributed by atoms with Crippen LogP contribution in [0.1, 0.15) is 25.0 Å². The molecular formula is C14H12F3NO. The highest BCUT2D eigenvalue weighted by Crippen LogP contribution is 2.32. The van der Waals surface area contributed by atoms with Crippen LogP contribution in [-0.4, -0.2) is 5.78 Å². The Kier molecular flexibility index (Phi) is 4.49. The predicted octanol–water partition coefficient (Wildman–Crippen LogP) is 3.84. The van der Waals surface area contributed by atoms with Crippen molar-refractivity contribution < 1.29 is 18.0 Å². The lowest BCUT2D eigenvalue weighted by Gasteiger charge is -2.10. The van der Waals surface area contributed by atoms with Crippen molar-refractivity contribution in [3.05, 3.63) is 41.0 Å². The first-order chi connectivity index (χ1) is 8.77. The van der Waals surface area contributed by atoms with Crippen molar-refractivity contribution in [1.82, 2.24) is 0 Å². The third-order valence-electron chi connectivity index (χ3n) is 2.48. The Morgan fingerprint density at radius 2 is 1.89 bits per heavy atom. The van der Waals surface area contributed by atoms with Crippen LogP contribution in [0.2, 0.25) is 0 Å². The molecule has 0 aliphatic rings. The Hall–Kier alpha value is -2.09. The minimum atomic E-state index is -4.52. The molecule has 19 heavy (non-hydrogen) atoms. The largest absolute Gasteiger partial charge is 0.416 e. The first-order valence-corrected chi connectivity index (χ1v) is 5.59. The zero-order valence-corrected chi connectivity index (χ0v) is 10.5. The second-order valence-corrected chi connectivity index (χ2v) is 4.27. The summed E-state index contributed by atoms with van der Waals surface area (Å²) < 4.78 is 38.3. The van der Waals surface area contributed by atoms with Crippen LogP contribution < -0.4 is 0 Å². The van der Waals surface area contributed by atoms with E-state index in [9.17, 15) is 18.0 Å². The van der Waals surface area contributed by atoms with E-state index in [1.54, 1.807) is 19.9 Å². The summed E-state index contributed by atoms with van der Waals surface area (Å²) in [5.74, 6) is -0.913. The number of alkyl halides is 3. The fourth-order valence-corrected chi connectivity index (χ4v) is 1.51. The van der Waals surface area contributed by atoms with Gasteiger partial charge < -0.3 is 0 Å². The molecule has 0 fully saturated rings. The Morgan fingerprint density at radius 3 is 2.37 bits per heavy atom. The minimum absolute atomic E-state index is 0.180. The maximum absolute atomic E-state index is 12.8. The number of carbonyl (C=O) groups excluding carboxylic acids is 1. The normalized spacial score (nSPS) is 12.4. The van der Waals surface area contributed by atoms with Crippen LogP contribution in [0.15, 0.2) is 29.8 Å². The van der Waals surface area contributed by atoms with E-state index >= 15 is 0 Å². The number of ketones is 1. The summed E-state index contributed by atoms with van der Waals surface area (Å²) in [6.45, 7) is 3.17. The predicted molar refractivity (Wildman–Crippen MR) is 64.9 cm³/mol. The van der Waals surface area contributed by atoms with E-state index in [1.807, 2.05) is 0 Å². The molecule has 0 unspecified atom stereocenters. The number of benzene rings is 1. The summed E-state index contributed by atoms with van der Waals surface area (Å²) in [7, 11) is 0. The minimum Gasteiger partial charge on any atom is -0.293 e. The summed E-state index contributed by atoms with van der Waals surface area (Å²) in [5.41, 5.74) is -1.31. The highest BCUT2D eigenvalue weighted by Gasteiger charge is 2.32. The second kappa shape index (κ2) is 5.70. The van der Waals surface area contributed by atoms with Gasteiger partial charge in [0.2, 0.25) is 0 Å². The van der Waals surface area contributed by atoms with E-state index in [2.05, 4.69) is 0 Å². The number of nitrogens with zero attached hydrogens (tertiary/aromatic N) is 1.